The Morgan fingerprint density at radius 2 is 2.00 bits per heavy atom. The van der Waals surface area contributed by atoms with E-state index in [0.29, 0.717) is 12.6 Å². The molecule has 126 valence electrons. The fourth-order valence-corrected chi connectivity index (χ4v) is 3.00. The number of nitrogens with zero attached hydrogens (tertiary/aromatic N) is 3. The van der Waals surface area contributed by atoms with Crippen molar-refractivity contribution in [2.45, 2.75) is 25.3 Å². The number of nitrogens with one attached hydrogen (secondary N) is 2. The summed E-state index contributed by atoms with van der Waals surface area (Å²) >= 11 is 1.87. The molecule has 6 nitrogen and oxygen atoms in total. The smallest absolute Gasteiger partial charge is 0.234 e. The molecular weight excluding hydrogens is 298 g/mol. The van der Waals surface area contributed by atoms with Crippen molar-refractivity contribution in [2.24, 2.45) is 4.99 Å². The maximum Gasteiger partial charge on any atom is 0.234 e. The summed E-state index contributed by atoms with van der Waals surface area (Å²) in [6.07, 6.45) is 5.59. The predicted molar refractivity (Wildman–Crippen MR) is 93.5 cm³/mol. The van der Waals surface area contributed by atoms with Gasteiger partial charge in [0.2, 0.25) is 5.91 Å². The van der Waals surface area contributed by atoms with Gasteiger partial charge in [-0.3, -0.25) is 14.7 Å². The van der Waals surface area contributed by atoms with Crippen molar-refractivity contribution in [1.82, 2.24) is 20.4 Å². The molecule has 0 bridgehead atoms. The second-order valence-electron chi connectivity index (χ2n) is 5.93. The summed E-state index contributed by atoms with van der Waals surface area (Å²) in [4.78, 5) is 20.7. The van der Waals surface area contributed by atoms with Gasteiger partial charge in [-0.2, -0.15) is 11.8 Å². The van der Waals surface area contributed by atoms with E-state index in [1.54, 1.807) is 0 Å². The molecule has 2 N–H and O–H groups in total. The SMILES string of the molecule is CN=C(NCCCSC)N1CCN(CC(=O)NC2CC2)CC1. The highest BCUT2D eigenvalue weighted by Crippen LogP contribution is 2.18. The van der Waals surface area contributed by atoms with E-state index in [0.717, 1.165) is 57.9 Å². The molecule has 7 heteroatoms. The van der Waals surface area contributed by atoms with E-state index >= 15 is 0 Å². The summed E-state index contributed by atoms with van der Waals surface area (Å²) in [7, 11) is 1.84. The van der Waals surface area contributed by atoms with Crippen molar-refractivity contribution in [2.75, 3.05) is 58.3 Å². The maximum atomic E-state index is 11.8. The number of thioether (sulfide) groups is 1. The number of carbonyl (C=O) groups excluding carboxylic acids is 1. The second-order valence-corrected chi connectivity index (χ2v) is 6.91. The van der Waals surface area contributed by atoms with E-state index in [9.17, 15) is 4.79 Å². The number of guanidine groups is 1. The van der Waals surface area contributed by atoms with Gasteiger partial charge in [0, 0.05) is 45.8 Å². The Morgan fingerprint density at radius 1 is 1.27 bits per heavy atom. The van der Waals surface area contributed by atoms with Crippen LogP contribution in [0.25, 0.3) is 0 Å². The van der Waals surface area contributed by atoms with Crippen LogP contribution in [0.5, 0.6) is 0 Å². The van der Waals surface area contributed by atoms with Crippen LogP contribution in [0.3, 0.4) is 0 Å². The van der Waals surface area contributed by atoms with Crippen LogP contribution in [0.2, 0.25) is 0 Å². The lowest BCUT2D eigenvalue weighted by Gasteiger charge is -2.36. The van der Waals surface area contributed by atoms with Crippen LogP contribution in [-0.4, -0.2) is 86.0 Å². The van der Waals surface area contributed by atoms with Crippen LogP contribution in [0, 0.1) is 0 Å². The lowest BCUT2D eigenvalue weighted by atomic mass is 10.3. The topological polar surface area (TPSA) is 60.0 Å². The summed E-state index contributed by atoms with van der Waals surface area (Å²) in [5.41, 5.74) is 0. The van der Waals surface area contributed by atoms with Crippen molar-refractivity contribution in [3.05, 3.63) is 0 Å². The van der Waals surface area contributed by atoms with Crippen LogP contribution in [-0.2, 0) is 4.79 Å². The molecule has 1 aliphatic carbocycles. The average Bonchev–Trinajstić information content (AvgIpc) is 3.32. The lowest BCUT2D eigenvalue weighted by Crippen LogP contribution is -2.54. The Balaban J connectivity index is 1.65. The molecule has 0 aromatic heterocycles. The first-order chi connectivity index (χ1) is 10.7. The standard InChI is InChI=1S/C15H29N5OS/c1-16-15(17-6-3-11-22-2)20-9-7-19(8-10-20)12-14(21)18-13-4-5-13/h13H,3-12H2,1-2H3,(H,16,17)(H,18,21). The highest BCUT2D eigenvalue weighted by Gasteiger charge is 2.25. The van der Waals surface area contributed by atoms with Gasteiger partial charge in [-0.05, 0) is 31.3 Å². The van der Waals surface area contributed by atoms with Gasteiger partial charge < -0.3 is 15.5 Å². The highest BCUT2D eigenvalue weighted by molar-refractivity contribution is 7.98. The Kier molecular flexibility index (Phi) is 7.32. The third kappa shape index (κ3) is 6.04. The van der Waals surface area contributed by atoms with Crippen molar-refractivity contribution in [3.63, 3.8) is 0 Å². The number of piperazine rings is 1. The van der Waals surface area contributed by atoms with Crippen molar-refractivity contribution < 1.29 is 4.79 Å². The van der Waals surface area contributed by atoms with Crippen LogP contribution >= 0.6 is 11.8 Å². The van der Waals surface area contributed by atoms with Gasteiger partial charge >= 0.3 is 0 Å². The fraction of sp³-hybridized carbons (Fsp3) is 0.867. The van der Waals surface area contributed by atoms with Crippen LogP contribution < -0.4 is 10.6 Å². The zero-order valence-electron chi connectivity index (χ0n) is 13.8. The molecule has 0 aromatic rings. The first-order valence-electron chi connectivity index (χ1n) is 8.19. The van der Waals surface area contributed by atoms with Crippen molar-refractivity contribution in [1.29, 1.82) is 0 Å². The third-order valence-corrected chi connectivity index (χ3v) is 4.70. The van der Waals surface area contributed by atoms with Crippen molar-refractivity contribution in [3.8, 4) is 0 Å². The van der Waals surface area contributed by atoms with Gasteiger partial charge in [-0.15, -0.1) is 0 Å². The Labute approximate surface area is 138 Å². The van der Waals surface area contributed by atoms with Crippen LogP contribution in [0.15, 0.2) is 4.99 Å². The Hall–Kier alpha value is -0.950. The van der Waals surface area contributed by atoms with E-state index in [2.05, 4.69) is 31.7 Å². The molecule has 1 amide bonds. The molecule has 1 aliphatic heterocycles. The summed E-state index contributed by atoms with van der Waals surface area (Å²) in [5.74, 6) is 2.34. The predicted octanol–water partition coefficient (Wildman–Crippen LogP) is 0.211. The fourth-order valence-electron chi connectivity index (χ4n) is 2.57. The minimum Gasteiger partial charge on any atom is -0.356 e. The number of hydrogen-bond acceptors (Lipinski definition) is 4. The highest BCUT2D eigenvalue weighted by atomic mass is 32.2. The molecular formula is C15H29N5OS. The number of amides is 1. The Bertz CT molecular complexity index is 378. The molecule has 0 aromatic carbocycles. The number of aliphatic imine (C=N–C) groups is 1. The first-order valence-corrected chi connectivity index (χ1v) is 9.58. The molecule has 0 atom stereocenters. The number of rotatable bonds is 7. The summed E-state index contributed by atoms with van der Waals surface area (Å²) in [6.45, 7) is 5.20. The zero-order chi connectivity index (χ0) is 15.8. The van der Waals surface area contributed by atoms with Crippen LogP contribution in [0.4, 0.5) is 0 Å². The van der Waals surface area contributed by atoms with Gasteiger partial charge in [0.1, 0.15) is 0 Å². The quantitative estimate of drug-likeness (QED) is 0.398. The molecule has 2 fully saturated rings. The Morgan fingerprint density at radius 3 is 2.59 bits per heavy atom. The number of carbonyl (C=O) groups is 1. The molecule has 2 aliphatic rings. The molecule has 2 rings (SSSR count). The minimum atomic E-state index is 0.176. The summed E-state index contributed by atoms with van der Waals surface area (Å²) < 4.78 is 0. The van der Waals surface area contributed by atoms with Gasteiger partial charge in [0.15, 0.2) is 5.96 Å². The zero-order valence-corrected chi connectivity index (χ0v) is 14.6. The monoisotopic (exact) mass is 327 g/mol. The summed E-state index contributed by atoms with van der Waals surface area (Å²) in [6, 6.07) is 0.457. The third-order valence-electron chi connectivity index (χ3n) is 4.00. The van der Waals surface area contributed by atoms with E-state index in [1.165, 1.54) is 5.75 Å². The van der Waals surface area contributed by atoms with Gasteiger partial charge in [-0.1, -0.05) is 0 Å². The van der Waals surface area contributed by atoms with Gasteiger partial charge in [0.25, 0.3) is 0 Å². The van der Waals surface area contributed by atoms with Crippen molar-refractivity contribution >= 4 is 23.6 Å². The molecule has 1 heterocycles. The van der Waals surface area contributed by atoms with E-state index in [1.807, 2.05) is 18.8 Å². The lowest BCUT2D eigenvalue weighted by molar-refractivity contribution is -0.122. The normalized spacial score (nSPS) is 20.1. The molecule has 0 radical (unpaired) electrons. The van der Waals surface area contributed by atoms with E-state index in [4.69, 9.17) is 0 Å². The first kappa shape index (κ1) is 17.4. The molecule has 22 heavy (non-hydrogen) atoms. The molecule has 1 saturated carbocycles. The largest absolute Gasteiger partial charge is 0.356 e. The van der Waals surface area contributed by atoms with Crippen LogP contribution in [0.1, 0.15) is 19.3 Å². The van der Waals surface area contributed by atoms with E-state index in [-0.39, 0.29) is 5.91 Å². The molecule has 1 saturated heterocycles. The molecule has 0 spiro atoms. The van der Waals surface area contributed by atoms with Gasteiger partial charge in [-0.25, -0.2) is 0 Å². The maximum absolute atomic E-state index is 11.8. The minimum absolute atomic E-state index is 0.176. The van der Waals surface area contributed by atoms with E-state index < -0.39 is 0 Å². The second kappa shape index (κ2) is 9.25. The number of hydrogen-bond donors (Lipinski definition) is 2. The summed E-state index contributed by atoms with van der Waals surface area (Å²) in [5, 5.41) is 6.48. The average molecular weight is 327 g/mol. The molecule has 0 unspecified atom stereocenters. The van der Waals surface area contributed by atoms with Gasteiger partial charge in [0.05, 0.1) is 6.54 Å².